The topological polar surface area (TPSA) is 71.5 Å². The first kappa shape index (κ1) is 26.1. The van der Waals surface area contributed by atoms with Gasteiger partial charge in [0.1, 0.15) is 5.75 Å². The molecule has 1 saturated carbocycles. The van der Waals surface area contributed by atoms with Gasteiger partial charge < -0.3 is 14.5 Å². The Kier molecular flexibility index (Phi) is 7.69. The van der Waals surface area contributed by atoms with Crippen molar-refractivity contribution in [3.05, 3.63) is 76.3 Å². The SMILES string of the molecule is Cc1cc(OCC[C@@H]2C[C@@H]2C2CCN(c3ncc(Cl)cn3)CC2)ccc1CC(=O)N1CCc2cnccc2C1. The van der Waals surface area contributed by atoms with Gasteiger partial charge in [0.25, 0.3) is 0 Å². The monoisotopic (exact) mass is 545 g/mol. The van der Waals surface area contributed by atoms with E-state index in [2.05, 4.69) is 38.9 Å². The normalized spacial score (nSPS) is 21.0. The largest absolute Gasteiger partial charge is 0.494 e. The minimum atomic E-state index is 0.181. The van der Waals surface area contributed by atoms with Crippen LogP contribution in [0.15, 0.2) is 49.1 Å². The standard InChI is InChI=1S/C31H36ClN5O2/c1-21-14-28(3-2-23(21)16-30(38)37-12-7-25-17-33-9-4-26(25)20-37)39-13-8-24-15-29(24)22-5-10-36(11-6-22)31-34-18-27(32)19-35-31/h2-4,9,14,17-19,22,24,29H,5-8,10-13,15-16,20H2,1H3/t24-,29-/m1/s1. The molecule has 0 unspecified atom stereocenters. The molecule has 0 N–H and O–H groups in total. The van der Waals surface area contributed by atoms with Gasteiger partial charge in [0.05, 0.1) is 30.4 Å². The van der Waals surface area contributed by atoms with Crippen molar-refractivity contribution in [1.29, 1.82) is 0 Å². The van der Waals surface area contributed by atoms with Crippen LogP contribution < -0.4 is 9.64 Å². The molecule has 2 fully saturated rings. The van der Waals surface area contributed by atoms with Crippen LogP contribution in [0.3, 0.4) is 0 Å². The number of ether oxygens (including phenoxy) is 1. The number of aryl methyl sites for hydroxylation is 1. The molecular weight excluding hydrogens is 510 g/mol. The molecule has 1 aromatic carbocycles. The number of anilines is 1. The van der Waals surface area contributed by atoms with Gasteiger partial charge in [-0.2, -0.15) is 0 Å². The van der Waals surface area contributed by atoms with E-state index in [9.17, 15) is 4.79 Å². The molecule has 2 atom stereocenters. The maximum absolute atomic E-state index is 13.0. The van der Waals surface area contributed by atoms with Crippen LogP contribution in [-0.4, -0.2) is 52.0 Å². The lowest BCUT2D eigenvalue weighted by Crippen LogP contribution is -2.37. The summed E-state index contributed by atoms with van der Waals surface area (Å²) in [5.74, 6) is 4.27. The first-order chi connectivity index (χ1) is 19.0. The molecule has 3 aromatic rings. The van der Waals surface area contributed by atoms with E-state index in [-0.39, 0.29) is 5.91 Å². The quantitative estimate of drug-likeness (QED) is 0.383. The zero-order chi connectivity index (χ0) is 26.8. The third kappa shape index (κ3) is 6.19. The van der Waals surface area contributed by atoms with Gasteiger partial charge in [-0.3, -0.25) is 9.78 Å². The molecule has 6 rings (SSSR count). The molecule has 0 bridgehead atoms. The maximum atomic E-state index is 13.0. The first-order valence-electron chi connectivity index (χ1n) is 14.2. The van der Waals surface area contributed by atoms with Crippen molar-refractivity contribution in [3.63, 3.8) is 0 Å². The number of halogens is 1. The Labute approximate surface area is 235 Å². The second-order valence-electron chi connectivity index (χ2n) is 11.3. The average molecular weight is 546 g/mol. The van der Waals surface area contributed by atoms with Crippen molar-refractivity contribution in [3.8, 4) is 5.75 Å². The molecule has 0 radical (unpaired) electrons. The molecule has 204 valence electrons. The highest BCUT2D eigenvalue weighted by atomic mass is 35.5. The van der Waals surface area contributed by atoms with Gasteiger partial charge in [0, 0.05) is 38.6 Å². The van der Waals surface area contributed by atoms with E-state index < -0.39 is 0 Å². The second kappa shape index (κ2) is 11.5. The van der Waals surface area contributed by atoms with E-state index in [1.54, 1.807) is 12.4 Å². The van der Waals surface area contributed by atoms with Gasteiger partial charge in [-0.15, -0.1) is 0 Å². The molecule has 39 heavy (non-hydrogen) atoms. The van der Waals surface area contributed by atoms with E-state index in [4.69, 9.17) is 16.3 Å². The highest BCUT2D eigenvalue weighted by molar-refractivity contribution is 6.30. The number of fused-ring (bicyclic) bond motifs is 1. The molecular formula is C31H36ClN5O2. The van der Waals surface area contributed by atoms with Gasteiger partial charge in [-0.25, -0.2) is 9.97 Å². The number of rotatable bonds is 8. The minimum Gasteiger partial charge on any atom is -0.494 e. The lowest BCUT2D eigenvalue weighted by molar-refractivity contribution is -0.131. The van der Waals surface area contributed by atoms with Crippen LogP contribution in [0, 0.1) is 24.7 Å². The number of carbonyl (C=O) groups excluding carboxylic acids is 1. The third-order valence-electron chi connectivity index (χ3n) is 8.79. The van der Waals surface area contributed by atoms with Crippen molar-refractivity contribution < 1.29 is 9.53 Å². The lowest BCUT2D eigenvalue weighted by Gasteiger charge is -2.32. The number of nitrogens with zero attached hydrogens (tertiary/aromatic N) is 5. The summed E-state index contributed by atoms with van der Waals surface area (Å²) in [7, 11) is 0. The zero-order valence-corrected chi connectivity index (χ0v) is 23.3. The third-order valence-corrected chi connectivity index (χ3v) is 8.99. The van der Waals surface area contributed by atoms with Gasteiger partial charge in [0.2, 0.25) is 11.9 Å². The molecule has 1 aliphatic carbocycles. The van der Waals surface area contributed by atoms with Crippen molar-refractivity contribution in [2.24, 2.45) is 17.8 Å². The highest BCUT2D eigenvalue weighted by Gasteiger charge is 2.43. The minimum absolute atomic E-state index is 0.181. The Bertz CT molecular complexity index is 1310. The Morgan fingerprint density at radius 2 is 1.90 bits per heavy atom. The summed E-state index contributed by atoms with van der Waals surface area (Å²) in [4.78, 5) is 30.2. The summed E-state index contributed by atoms with van der Waals surface area (Å²) in [6.07, 6.45) is 13.2. The Hall–Kier alpha value is -3.19. The molecule has 3 aliphatic rings. The second-order valence-corrected chi connectivity index (χ2v) is 11.7. The fraction of sp³-hybridized carbons (Fsp3) is 0.484. The van der Waals surface area contributed by atoms with Crippen molar-refractivity contribution in [2.45, 2.75) is 52.0 Å². The molecule has 8 heteroatoms. The first-order valence-corrected chi connectivity index (χ1v) is 14.6. The maximum Gasteiger partial charge on any atom is 0.227 e. The number of carbonyl (C=O) groups is 1. The molecule has 1 amide bonds. The van der Waals surface area contributed by atoms with Gasteiger partial charge in [0.15, 0.2) is 0 Å². The predicted molar refractivity (Wildman–Crippen MR) is 152 cm³/mol. The van der Waals surface area contributed by atoms with E-state index in [1.165, 1.54) is 30.4 Å². The number of hydrogen-bond donors (Lipinski definition) is 0. The number of benzene rings is 1. The summed E-state index contributed by atoms with van der Waals surface area (Å²) in [5.41, 5.74) is 4.65. The number of pyridine rings is 1. The molecule has 1 saturated heterocycles. The van der Waals surface area contributed by atoms with Crippen molar-refractivity contribution in [2.75, 3.05) is 31.1 Å². The average Bonchev–Trinajstić information content (AvgIpc) is 3.74. The summed E-state index contributed by atoms with van der Waals surface area (Å²) in [6.45, 7) is 6.29. The Morgan fingerprint density at radius 3 is 2.69 bits per heavy atom. The van der Waals surface area contributed by atoms with Crippen LogP contribution in [0.1, 0.15) is 47.9 Å². The smallest absolute Gasteiger partial charge is 0.227 e. The summed E-state index contributed by atoms with van der Waals surface area (Å²) >= 11 is 5.92. The summed E-state index contributed by atoms with van der Waals surface area (Å²) in [6, 6.07) is 8.18. The molecule has 4 heterocycles. The molecule has 0 spiro atoms. The van der Waals surface area contributed by atoms with Crippen LogP contribution in [0.2, 0.25) is 5.02 Å². The number of aromatic nitrogens is 3. The predicted octanol–water partition coefficient (Wildman–Crippen LogP) is 5.28. The number of piperidine rings is 1. The number of amides is 1. The van der Waals surface area contributed by atoms with E-state index in [0.717, 1.165) is 79.7 Å². The summed E-state index contributed by atoms with van der Waals surface area (Å²) < 4.78 is 6.14. The van der Waals surface area contributed by atoms with Gasteiger partial charge in [-0.1, -0.05) is 17.7 Å². The van der Waals surface area contributed by atoms with Crippen molar-refractivity contribution >= 4 is 23.5 Å². The summed E-state index contributed by atoms with van der Waals surface area (Å²) in [5, 5.41) is 0.579. The molecule has 2 aromatic heterocycles. The number of hydrogen-bond acceptors (Lipinski definition) is 6. The van der Waals surface area contributed by atoms with Gasteiger partial charge >= 0.3 is 0 Å². The molecule has 2 aliphatic heterocycles. The van der Waals surface area contributed by atoms with Crippen LogP contribution in [0.5, 0.6) is 5.75 Å². The van der Waals surface area contributed by atoms with Gasteiger partial charge in [-0.05, 0) is 97.2 Å². The Morgan fingerprint density at radius 1 is 1.08 bits per heavy atom. The van der Waals surface area contributed by atoms with E-state index in [1.807, 2.05) is 29.4 Å². The zero-order valence-electron chi connectivity index (χ0n) is 22.6. The Balaban J connectivity index is 0.924. The molecule has 7 nitrogen and oxygen atoms in total. The van der Waals surface area contributed by atoms with Crippen LogP contribution in [-0.2, 0) is 24.2 Å². The highest BCUT2D eigenvalue weighted by Crippen LogP contribution is 2.49. The fourth-order valence-electron chi connectivity index (χ4n) is 6.32. The van der Waals surface area contributed by atoms with Crippen LogP contribution >= 0.6 is 11.6 Å². The van der Waals surface area contributed by atoms with E-state index in [0.29, 0.717) is 18.0 Å². The lowest BCUT2D eigenvalue weighted by atomic mass is 9.90. The van der Waals surface area contributed by atoms with Crippen LogP contribution in [0.25, 0.3) is 0 Å². The van der Waals surface area contributed by atoms with Crippen molar-refractivity contribution in [1.82, 2.24) is 19.9 Å². The fourth-order valence-corrected chi connectivity index (χ4v) is 6.42. The van der Waals surface area contributed by atoms with E-state index >= 15 is 0 Å². The van der Waals surface area contributed by atoms with Crippen LogP contribution in [0.4, 0.5) is 5.95 Å².